The summed E-state index contributed by atoms with van der Waals surface area (Å²) in [4.78, 5) is 8.67. The van der Waals surface area contributed by atoms with E-state index in [2.05, 4.69) is 25.5 Å². The van der Waals surface area contributed by atoms with Gasteiger partial charge in [0.2, 0.25) is 11.7 Å². The second-order valence-corrected chi connectivity index (χ2v) is 5.68. The Morgan fingerprint density at radius 2 is 1.96 bits per heavy atom. The topological polar surface area (TPSA) is 81.1 Å². The van der Waals surface area contributed by atoms with E-state index < -0.39 is 0 Å². The molecule has 0 bridgehead atoms. The van der Waals surface area contributed by atoms with E-state index >= 15 is 0 Å². The van der Waals surface area contributed by atoms with E-state index in [0.29, 0.717) is 18.0 Å². The van der Waals surface area contributed by atoms with Gasteiger partial charge in [0, 0.05) is 17.8 Å². The van der Waals surface area contributed by atoms with Crippen LogP contribution in [0.4, 0.5) is 10.2 Å². The van der Waals surface area contributed by atoms with Crippen LogP contribution in [0, 0.1) is 19.7 Å². The normalized spacial score (nSPS) is 11.2. The van der Waals surface area contributed by atoms with Crippen LogP contribution in [0.1, 0.15) is 17.3 Å². The molecule has 1 aromatic carbocycles. The molecule has 4 aromatic rings. The van der Waals surface area contributed by atoms with Crippen molar-refractivity contribution >= 4 is 11.5 Å². The predicted octanol–water partition coefficient (Wildman–Crippen LogP) is 3.15. The van der Waals surface area contributed by atoms with Gasteiger partial charge in [-0.1, -0.05) is 17.3 Å². The zero-order valence-electron chi connectivity index (χ0n) is 13.7. The number of nitrogens with zero attached hydrogens (tertiary/aromatic N) is 5. The number of hydrogen-bond donors (Lipinski definition) is 1. The van der Waals surface area contributed by atoms with Crippen molar-refractivity contribution in [1.82, 2.24) is 24.7 Å². The van der Waals surface area contributed by atoms with Crippen molar-refractivity contribution in [2.45, 2.75) is 20.4 Å². The largest absolute Gasteiger partial charge is 0.361 e. The molecule has 0 unspecified atom stereocenters. The second kappa shape index (κ2) is 5.97. The Hall–Kier alpha value is -3.29. The highest BCUT2D eigenvalue weighted by Gasteiger charge is 2.13. The van der Waals surface area contributed by atoms with Crippen molar-refractivity contribution < 1.29 is 8.91 Å². The van der Waals surface area contributed by atoms with Crippen molar-refractivity contribution in [3.63, 3.8) is 0 Å². The summed E-state index contributed by atoms with van der Waals surface area (Å²) in [5, 5.41) is 11.5. The number of aryl methyl sites for hydroxylation is 2. The molecule has 0 fully saturated rings. The molecule has 0 atom stereocenters. The van der Waals surface area contributed by atoms with Gasteiger partial charge in [0.05, 0.1) is 17.8 Å². The molecule has 25 heavy (non-hydrogen) atoms. The fraction of sp³-hybridized carbons (Fsp3) is 0.176. The third-order valence-electron chi connectivity index (χ3n) is 3.68. The maximum atomic E-state index is 13.8. The van der Waals surface area contributed by atoms with E-state index in [1.165, 1.54) is 6.07 Å². The number of hydrogen-bond acceptors (Lipinski definition) is 6. The van der Waals surface area contributed by atoms with Gasteiger partial charge < -0.3 is 9.84 Å². The Bertz CT molecular complexity index is 1050. The van der Waals surface area contributed by atoms with E-state index in [1.54, 1.807) is 22.7 Å². The lowest BCUT2D eigenvalue weighted by atomic mass is 10.2. The van der Waals surface area contributed by atoms with Crippen LogP contribution in [0.15, 0.2) is 40.9 Å². The molecule has 126 valence electrons. The summed E-state index contributed by atoms with van der Waals surface area (Å²) in [5.74, 6) is 0.952. The van der Waals surface area contributed by atoms with Crippen LogP contribution in [0.25, 0.3) is 17.0 Å². The molecule has 0 saturated carbocycles. The number of benzene rings is 1. The van der Waals surface area contributed by atoms with Crippen molar-refractivity contribution in [2.75, 3.05) is 5.32 Å². The van der Waals surface area contributed by atoms with Gasteiger partial charge in [0.25, 0.3) is 0 Å². The average molecular weight is 338 g/mol. The summed E-state index contributed by atoms with van der Waals surface area (Å²) in [7, 11) is 0. The molecular weight excluding hydrogens is 323 g/mol. The molecule has 0 saturated heterocycles. The van der Waals surface area contributed by atoms with Gasteiger partial charge >= 0.3 is 0 Å². The molecule has 1 N–H and O–H groups in total. The fourth-order valence-corrected chi connectivity index (χ4v) is 2.59. The first-order chi connectivity index (χ1) is 12.1. The third kappa shape index (κ3) is 2.93. The van der Waals surface area contributed by atoms with Crippen LogP contribution >= 0.6 is 0 Å². The standard InChI is InChI=1S/C17H15FN6O/c1-10-7-14(24-15(20-10)8-11(2)22-24)19-9-16-21-17(23-25-16)12-5-3-4-6-13(12)18/h3-8,19H,9H2,1-2H3. The molecule has 3 aromatic heterocycles. The van der Waals surface area contributed by atoms with Crippen LogP contribution in [-0.4, -0.2) is 24.7 Å². The fourth-order valence-electron chi connectivity index (χ4n) is 2.59. The maximum absolute atomic E-state index is 13.8. The highest BCUT2D eigenvalue weighted by atomic mass is 19.1. The van der Waals surface area contributed by atoms with Crippen molar-refractivity contribution in [3.8, 4) is 11.4 Å². The SMILES string of the molecule is Cc1cc(NCc2nc(-c3ccccc3F)no2)n2nc(C)cc2n1. The molecule has 0 amide bonds. The van der Waals surface area contributed by atoms with E-state index in [-0.39, 0.29) is 11.6 Å². The Labute approximate surface area is 142 Å². The van der Waals surface area contributed by atoms with E-state index in [9.17, 15) is 4.39 Å². The monoisotopic (exact) mass is 338 g/mol. The van der Waals surface area contributed by atoms with Crippen LogP contribution in [0.3, 0.4) is 0 Å². The Kier molecular flexibility index (Phi) is 3.64. The number of anilines is 1. The first-order valence-corrected chi connectivity index (χ1v) is 7.75. The quantitative estimate of drug-likeness (QED) is 0.616. The molecule has 3 heterocycles. The second-order valence-electron chi connectivity index (χ2n) is 5.68. The van der Waals surface area contributed by atoms with Crippen LogP contribution in [-0.2, 0) is 6.54 Å². The first-order valence-electron chi connectivity index (χ1n) is 7.75. The molecule has 0 radical (unpaired) electrons. The Balaban J connectivity index is 1.58. The zero-order valence-corrected chi connectivity index (χ0v) is 13.7. The molecule has 0 aliphatic carbocycles. The highest BCUT2D eigenvalue weighted by Crippen LogP contribution is 2.20. The lowest BCUT2D eigenvalue weighted by Gasteiger charge is -2.07. The van der Waals surface area contributed by atoms with Gasteiger partial charge in [-0.15, -0.1) is 0 Å². The van der Waals surface area contributed by atoms with Crippen molar-refractivity contribution in [1.29, 1.82) is 0 Å². The zero-order chi connectivity index (χ0) is 17.4. The minimum Gasteiger partial charge on any atom is -0.361 e. The summed E-state index contributed by atoms with van der Waals surface area (Å²) in [6.07, 6.45) is 0. The number of rotatable bonds is 4. The lowest BCUT2D eigenvalue weighted by molar-refractivity contribution is 0.383. The minimum absolute atomic E-state index is 0.223. The van der Waals surface area contributed by atoms with E-state index in [1.807, 2.05) is 26.0 Å². The molecule has 0 aliphatic heterocycles. The van der Waals surface area contributed by atoms with E-state index in [4.69, 9.17) is 4.52 Å². The Morgan fingerprint density at radius 1 is 1.12 bits per heavy atom. The van der Waals surface area contributed by atoms with Gasteiger partial charge in [-0.2, -0.15) is 14.6 Å². The van der Waals surface area contributed by atoms with Crippen LogP contribution < -0.4 is 5.32 Å². The summed E-state index contributed by atoms with van der Waals surface area (Å²) < 4.78 is 20.7. The molecule has 0 spiro atoms. The van der Waals surface area contributed by atoms with Gasteiger partial charge in [-0.25, -0.2) is 9.37 Å². The van der Waals surface area contributed by atoms with Crippen molar-refractivity contribution in [3.05, 3.63) is 59.5 Å². The van der Waals surface area contributed by atoms with Gasteiger partial charge in [0.15, 0.2) is 5.65 Å². The summed E-state index contributed by atoms with van der Waals surface area (Å²) in [5.41, 5.74) is 2.81. The average Bonchev–Trinajstić information content (AvgIpc) is 3.19. The third-order valence-corrected chi connectivity index (χ3v) is 3.68. The molecule has 4 rings (SSSR count). The summed E-state index contributed by atoms with van der Waals surface area (Å²) >= 11 is 0. The first kappa shape index (κ1) is 15.3. The summed E-state index contributed by atoms with van der Waals surface area (Å²) in [6, 6.07) is 10.1. The van der Waals surface area contributed by atoms with Crippen LogP contribution in [0.5, 0.6) is 0 Å². The highest BCUT2D eigenvalue weighted by molar-refractivity contribution is 5.55. The molecule has 8 heteroatoms. The van der Waals surface area contributed by atoms with Crippen LogP contribution in [0.2, 0.25) is 0 Å². The van der Waals surface area contributed by atoms with E-state index in [0.717, 1.165) is 22.9 Å². The number of fused-ring (bicyclic) bond motifs is 1. The summed E-state index contributed by atoms with van der Waals surface area (Å²) in [6.45, 7) is 4.11. The molecule has 7 nitrogen and oxygen atoms in total. The smallest absolute Gasteiger partial charge is 0.246 e. The van der Waals surface area contributed by atoms with Crippen molar-refractivity contribution in [2.24, 2.45) is 0 Å². The molecule has 0 aliphatic rings. The van der Waals surface area contributed by atoms with Gasteiger partial charge in [0.1, 0.15) is 11.6 Å². The Morgan fingerprint density at radius 3 is 2.80 bits per heavy atom. The number of nitrogens with one attached hydrogen (secondary N) is 1. The number of halogens is 1. The molecular formula is C17H15FN6O. The number of aromatic nitrogens is 5. The van der Waals surface area contributed by atoms with Gasteiger partial charge in [-0.3, -0.25) is 0 Å². The predicted molar refractivity (Wildman–Crippen MR) is 89.5 cm³/mol. The lowest BCUT2D eigenvalue weighted by Crippen LogP contribution is -2.07. The minimum atomic E-state index is -0.388. The maximum Gasteiger partial charge on any atom is 0.246 e. The van der Waals surface area contributed by atoms with Gasteiger partial charge in [-0.05, 0) is 26.0 Å².